The molecule has 0 aromatic heterocycles. The highest BCUT2D eigenvalue weighted by Crippen LogP contribution is 2.28. The van der Waals surface area contributed by atoms with E-state index in [9.17, 15) is 4.39 Å². The third-order valence-electron chi connectivity index (χ3n) is 2.25. The first-order chi connectivity index (χ1) is 6.20. The molecule has 1 aromatic carbocycles. The lowest BCUT2D eigenvalue weighted by atomic mass is 9.99. The number of hydrogen-bond acceptors (Lipinski definition) is 0. The van der Waals surface area contributed by atoms with Gasteiger partial charge in [-0.3, -0.25) is 4.39 Å². The Hall–Kier alpha value is -0.370. The van der Waals surface area contributed by atoms with Crippen LogP contribution < -0.4 is 0 Å². The minimum Gasteiger partial charge on any atom is -0.250 e. The van der Waals surface area contributed by atoms with Crippen LogP contribution in [0.5, 0.6) is 0 Å². The number of halogens is 2. The summed E-state index contributed by atoms with van der Waals surface area (Å²) < 4.78 is 13.5. The van der Waals surface area contributed by atoms with Crippen LogP contribution in [-0.2, 0) is 6.42 Å². The summed E-state index contributed by atoms with van der Waals surface area (Å²) in [5.74, 6) is -0.0131. The Labute approximate surface area is 87.3 Å². The van der Waals surface area contributed by atoms with E-state index in [2.05, 4.69) is 28.9 Å². The van der Waals surface area contributed by atoms with E-state index >= 15 is 0 Å². The van der Waals surface area contributed by atoms with Crippen LogP contribution in [0.15, 0.2) is 22.7 Å². The lowest BCUT2D eigenvalue weighted by Gasteiger charge is -2.12. The third kappa shape index (κ3) is 2.31. The highest BCUT2D eigenvalue weighted by molar-refractivity contribution is 9.10. The lowest BCUT2D eigenvalue weighted by molar-refractivity contribution is 0.446. The molecule has 0 amide bonds. The Morgan fingerprint density at radius 1 is 1.46 bits per heavy atom. The van der Waals surface area contributed by atoms with Crippen LogP contribution in [0.4, 0.5) is 4.39 Å². The lowest BCUT2D eigenvalue weighted by Crippen LogP contribution is -1.98. The number of benzene rings is 1. The Morgan fingerprint density at radius 2 is 2.15 bits per heavy atom. The topological polar surface area (TPSA) is 0 Å². The Morgan fingerprint density at radius 3 is 2.69 bits per heavy atom. The average molecular weight is 245 g/mol. The summed E-state index contributed by atoms with van der Waals surface area (Å²) in [6.07, 6.45) is 0.980. The molecule has 0 saturated carbocycles. The molecule has 13 heavy (non-hydrogen) atoms. The summed E-state index contributed by atoms with van der Waals surface area (Å²) in [4.78, 5) is 0. The molecule has 1 unspecified atom stereocenters. The van der Waals surface area contributed by atoms with Gasteiger partial charge in [-0.1, -0.05) is 48.0 Å². The van der Waals surface area contributed by atoms with Gasteiger partial charge in [0.05, 0.1) is 6.67 Å². The molecule has 0 nitrogen and oxygen atoms in total. The van der Waals surface area contributed by atoms with Gasteiger partial charge in [0, 0.05) is 10.4 Å². The van der Waals surface area contributed by atoms with Gasteiger partial charge in [0.25, 0.3) is 0 Å². The summed E-state index contributed by atoms with van der Waals surface area (Å²) in [6, 6.07) is 6.04. The van der Waals surface area contributed by atoms with Gasteiger partial charge in [-0.05, 0) is 17.5 Å². The summed E-state index contributed by atoms with van der Waals surface area (Å²) in [6.45, 7) is 3.70. The normalized spacial score (nSPS) is 12.9. The number of aryl methyl sites for hydroxylation is 1. The molecule has 0 radical (unpaired) electrons. The fraction of sp³-hybridized carbons (Fsp3) is 0.455. The molecule has 0 fully saturated rings. The van der Waals surface area contributed by atoms with Crippen molar-refractivity contribution < 1.29 is 4.39 Å². The van der Waals surface area contributed by atoms with Crippen LogP contribution >= 0.6 is 15.9 Å². The van der Waals surface area contributed by atoms with Crippen molar-refractivity contribution in [2.24, 2.45) is 0 Å². The van der Waals surface area contributed by atoms with Crippen molar-refractivity contribution in [1.82, 2.24) is 0 Å². The van der Waals surface area contributed by atoms with Crippen LogP contribution in [0.25, 0.3) is 0 Å². The quantitative estimate of drug-likeness (QED) is 0.752. The van der Waals surface area contributed by atoms with E-state index < -0.39 is 0 Å². The molecule has 1 atom stereocenters. The molecule has 0 heterocycles. The van der Waals surface area contributed by atoms with Crippen LogP contribution in [0.3, 0.4) is 0 Å². The molecular weight excluding hydrogens is 231 g/mol. The number of rotatable bonds is 3. The largest absolute Gasteiger partial charge is 0.250 e. The van der Waals surface area contributed by atoms with Crippen molar-refractivity contribution in [3.63, 3.8) is 0 Å². The van der Waals surface area contributed by atoms with Gasteiger partial charge < -0.3 is 0 Å². The van der Waals surface area contributed by atoms with Crippen molar-refractivity contribution in [3.8, 4) is 0 Å². The Balaban J connectivity index is 3.08. The first-order valence-electron chi connectivity index (χ1n) is 4.54. The number of hydrogen-bond donors (Lipinski definition) is 0. The summed E-state index contributed by atoms with van der Waals surface area (Å²) in [5, 5.41) is 0. The molecular formula is C11H14BrF. The van der Waals surface area contributed by atoms with Crippen LogP contribution in [0.2, 0.25) is 0 Å². The zero-order chi connectivity index (χ0) is 9.84. The monoisotopic (exact) mass is 244 g/mol. The van der Waals surface area contributed by atoms with Crippen LogP contribution in [-0.4, -0.2) is 6.67 Å². The van der Waals surface area contributed by atoms with Gasteiger partial charge >= 0.3 is 0 Å². The minimum atomic E-state index is -0.300. The van der Waals surface area contributed by atoms with E-state index in [1.807, 2.05) is 19.1 Å². The Kier molecular flexibility index (Phi) is 3.91. The van der Waals surface area contributed by atoms with E-state index in [-0.39, 0.29) is 12.6 Å². The predicted octanol–water partition coefficient (Wildman–Crippen LogP) is 4.08. The van der Waals surface area contributed by atoms with E-state index in [0.29, 0.717) is 0 Å². The molecule has 72 valence electrons. The van der Waals surface area contributed by atoms with Crippen molar-refractivity contribution in [2.45, 2.75) is 26.2 Å². The van der Waals surface area contributed by atoms with Gasteiger partial charge in [-0.15, -0.1) is 0 Å². The van der Waals surface area contributed by atoms with Gasteiger partial charge in [0.1, 0.15) is 0 Å². The zero-order valence-electron chi connectivity index (χ0n) is 7.98. The van der Waals surface area contributed by atoms with Gasteiger partial charge in [0.15, 0.2) is 0 Å². The minimum absolute atomic E-state index is 0.0131. The van der Waals surface area contributed by atoms with Crippen molar-refractivity contribution in [3.05, 3.63) is 33.8 Å². The van der Waals surface area contributed by atoms with E-state index in [0.717, 1.165) is 16.5 Å². The average Bonchev–Trinajstić information content (AvgIpc) is 2.17. The fourth-order valence-electron chi connectivity index (χ4n) is 1.34. The molecule has 0 N–H and O–H groups in total. The SMILES string of the molecule is CCc1cccc(C(C)CF)c1Br. The van der Waals surface area contributed by atoms with Gasteiger partial charge in [-0.2, -0.15) is 0 Å². The summed E-state index contributed by atoms with van der Waals surface area (Å²) in [7, 11) is 0. The van der Waals surface area contributed by atoms with Crippen LogP contribution in [0, 0.1) is 0 Å². The standard InChI is InChI=1S/C11H14BrF/c1-3-9-5-4-6-10(11(9)12)8(2)7-13/h4-6,8H,3,7H2,1-2H3. The fourth-order valence-corrected chi connectivity index (χ4v) is 2.27. The smallest absolute Gasteiger partial charge is 0.0960 e. The molecule has 0 aliphatic rings. The maximum Gasteiger partial charge on any atom is 0.0960 e. The molecule has 0 aliphatic carbocycles. The van der Waals surface area contributed by atoms with E-state index in [1.54, 1.807) is 0 Å². The van der Waals surface area contributed by atoms with Crippen molar-refractivity contribution in [2.75, 3.05) is 6.67 Å². The molecule has 0 bridgehead atoms. The highest BCUT2D eigenvalue weighted by Gasteiger charge is 2.10. The second-order valence-corrected chi connectivity index (χ2v) is 4.02. The van der Waals surface area contributed by atoms with Gasteiger partial charge in [0.2, 0.25) is 0 Å². The van der Waals surface area contributed by atoms with Crippen molar-refractivity contribution in [1.29, 1.82) is 0 Å². The Bertz CT molecular complexity index is 283. The van der Waals surface area contributed by atoms with Crippen LogP contribution in [0.1, 0.15) is 30.9 Å². The third-order valence-corrected chi connectivity index (χ3v) is 3.22. The second-order valence-electron chi connectivity index (χ2n) is 3.23. The maximum atomic E-state index is 12.5. The second kappa shape index (κ2) is 4.75. The maximum absolute atomic E-state index is 12.5. The van der Waals surface area contributed by atoms with Gasteiger partial charge in [-0.25, -0.2) is 0 Å². The van der Waals surface area contributed by atoms with E-state index in [1.165, 1.54) is 5.56 Å². The molecule has 0 spiro atoms. The summed E-state index contributed by atoms with van der Waals surface area (Å²) in [5.41, 5.74) is 2.32. The first kappa shape index (κ1) is 10.7. The van der Waals surface area contributed by atoms with Crippen molar-refractivity contribution >= 4 is 15.9 Å². The zero-order valence-corrected chi connectivity index (χ0v) is 9.57. The predicted molar refractivity (Wildman–Crippen MR) is 57.9 cm³/mol. The number of alkyl halides is 1. The summed E-state index contributed by atoms with van der Waals surface area (Å²) >= 11 is 3.52. The molecule has 1 rings (SSSR count). The first-order valence-corrected chi connectivity index (χ1v) is 5.33. The molecule has 0 saturated heterocycles. The van der Waals surface area contributed by atoms with E-state index in [4.69, 9.17) is 0 Å². The molecule has 2 heteroatoms. The molecule has 1 aromatic rings. The molecule has 0 aliphatic heterocycles. The highest BCUT2D eigenvalue weighted by atomic mass is 79.9.